The molecule has 1 saturated heterocycles. The monoisotopic (exact) mass is 286 g/mol. The molecule has 0 aromatic heterocycles. The van der Waals surface area contributed by atoms with Crippen LogP contribution in [0.2, 0.25) is 10.0 Å². The Morgan fingerprint density at radius 3 is 2.78 bits per heavy atom. The summed E-state index contributed by atoms with van der Waals surface area (Å²) in [5.74, 6) is 0. The van der Waals surface area contributed by atoms with E-state index in [9.17, 15) is 0 Å². The normalized spacial score (nSPS) is 23.0. The van der Waals surface area contributed by atoms with Crippen LogP contribution in [-0.2, 0) is 0 Å². The fourth-order valence-electron chi connectivity index (χ4n) is 2.75. The summed E-state index contributed by atoms with van der Waals surface area (Å²) in [5, 5.41) is 1.24. The number of hydrogen-bond donors (Lipinski definition) is 1. The van der Waals surface area contributed by atoms with E-state index < -0.39 is 0 Å². The van der Waals surface area contributed by atoms with Gasteiger partial charge in [-0.1, -0.05) is 35.7 Å². The van der Waals surface area contributed by atoms with Crippen molar-refractivity contribution in [3.8, 4) is 0 Å². The molecule has 2 nitrogen and oxygen atoms in total. The fraction of sp³-hybridized carbons (Fsp3) is 0.571. The second-order valence-electron chi connectivity index (χ2n) is 4.97. The summed E-state index contributed by atoms with van der Waals surface area (Å²) < 4.78 is 0. The number of nitrogens with two attached hydrogens (primary N) is 1. The summed E-state index contributed by atoms with van der Waals surface area (Å²) >= 11 is 12.1. The quantitative estimate of drug-likeness (QED) is 0.914. The fourth-order valence-corrected chi connectivity index (χ4v) is 3.06. The van der Waals surface area contributed by atoms with Gasteiger partial charge in [0.05, 0.1) is 10.0 Å². The number of likely N-dealkylation sites (tertiary alicyclic amines) is 1. The van der Waals surface area contributed by atoms with Crippen LogP contribution >= 0.6 is 23.2 Å². The van der Waals surface area contributed by atoms with Gasteiger partial charge in [0.15, 0.2) is 0 Å². The van der Waals surface area contributed by atoms with Crippen molar-refractivity contribution in [2.24, 2.45) is 5.73 Å². The molecule has 0 amide bonds. The van der Waals surface area contributed by atoms with Crippen LogP contribution in [0.4, 0.5) is 0 Å². The van der Waals surface area contributed by atoms with Crippen molar-refractivity contribution in [1.29, 1.82) is 0 Å². The molecule has 100 valence electrons. The van der Waals surface area contributed by atoms with E-state index in [1.54, 1.807) is 0 Å². The number of rotatable bonds is 3. The lowest BCUT2D eigenvalue weighted by atomic mass is 9.97. The van der Waals surface area contributed by atoms with Crippen LogP contribution in [0.3, 0.4) is 0 Å². The second kappa shape index (κ2) is 6.25. The minimum Gasteiger partial charge on any atom is -0.329 e. The van der Waals surface area contributed by atoms with Gasteiger partial charge in [-0.25, -0.2) is 0 Å². The highest BCUT2D eigenvalue weighted by Gasteiger charge is 2.26. The molecule has 1 fully saturated rings. The number of halogens is 2. The molecule has 2 rings (SSSR count). The molecule has 1 aliphatic rings. The maximum atomic E-state index is 6.09. The predicted octanol–water partition coefficient (Wildman–Crippen LogP) is 3.87. The third-order valence-electron chi connectivity index (χ3n) is 3.87. The summed E-state index contributed by atoms with van der Waals surface area (Å²) in [5.41, 5.74) is 7.09. The second-order valence-corrected chi connectivity index (χ2v) is 5.79. The number of piperidine rings is 1. The van der Waals surface area contributed by atoms with Gasteiger partial charge in [0, 0.05) is 18.6 Å². The highest BCUT2D eigenvalue weighted by atomic mass is 35.5. The van der Waals surface area contributed by atoms with Crippen LogP contribution in [0.25, 0.3) is 0 Å². The van der Waals surface area contributed by atoms with E-state index in [0.717, 1.165) is 13.1 Å². The lowest BCUT2D eigenvalue weighted by Gasteiger charge is -2.39. The summed E-state index contributed by atoms with van der Waals surface area (Å²) in [6.07, 6.45) is 3.73. The summed E-state index contributed by atoms with van der Waals surface area (Å²) in [4.78, 5) is 2.49. The molecule has 0 spiro atoms. The topological polar surface area (TPSA) is 29.3 Å². The zero-order valence-corrected chi connectivity index (χ0v) is 12.2. The molecule has 1 heterocycles. The van der Waals surface area contributed by atoms with Gasteiger partial charge < -0.3 is 5.73 Å². The van der Waals surface area contributed by atoms with Crippen LogP contribution in [0.1, 0.15) is 37.8 Å². The van der Waals surface area contributed by atoms with Crippen molar-refractivity contribution in [3.05, 3.63) is 33.8 Å². The van der Waals surface area contributed by atoms with Gasteiger partial charge in [0.1, 0.15) is 0 Å². The summed E-state index contributed by atoms with van der Waals surface area (Å²) in [6.45, 7) is 4.06. The highest BCUT2D eigenvalue weighted by molar-refractivity contribution is 6.42. The molecule has 1 aromatic carbocycles. The van der Waals surface area contributed by atoms with Crippen LogP contribution in [-0.4, -0.2) is 24.0 Å². The standard InChI is InChI=1S/C14H20Cl2N2/c1-10(11-5-6-13(15)14(16)8-11)18-7-3-2-4-12(18)9-17/h5-6,8,10,12H,2-4,7,9,17H2,1H3. The van der Waals surface area contributed by atoms with Gasteiger partial charge in [0.2, 0.25) is 0 Å². The average molecular weight is 287 g/mol. The van der Waals surface area contributed by atoms with Crippen molar-refractivity contribution in [1.82, 2.24) is 4.90 Å². The van der Waals surface area contributed by atoms with E-state index in [1.807, 2.05) is 12.1 Å². The first kappa shape index (κ1) is 14.1. The third kappa shape index (κ3) is 3.00. The molecule has 0 bridgehead atoms. The average Bonchev–Trinajstić information content (AvgIpc) is 2.41. The first-order valence-corrected chi connectivity index (χ1v) is 7.30. The van der Waals surface area contributed by atoms with E-state index in [0.29, 0.717) is 22.1 Å². The van der Waals surface area contributed by atoms with Crippen molar-refractivity contribution >= 4 is 23.2 Å². The Kier molecular flexibility index (Phi) is 4.91. The largest absolute Gasteiger partial charge is 0.329 e. The predicted molar refractivity (Wildman–Crippen MR) is 78.3 cm³/mol. The molecular formula is C14H20Cl2N2. The molecule has 2 N–H and O–H groups in total. The molecule has 18 heavy (non-hydrogen) atoms. The minimum absolute atomic E-state index is 0.341. The first-order chi connectivity index (χ1) is 8.63. The van der Waals surface area contributed by atoms with Gasteiger partial charge in [-0.05, 0) is 44.0 Å². The Morgan fingerprint density at radius 2 is 2.11 bits per heavy atom. The van der Waals surface area contributed by atoms with E-state index in [-0.39, 0.29) is 0 Å². The van der Waals surface area contributed by atoms with Crippen LogP contribution in [0.15, 0.2) is 18.2 Å². The van der Waals surface area contributed by atoms with Gasteiger partial charge in [0.25, 0.3) is 0 Å². The van der Waals surface area contributed by atoms with Crippen LogP contribution in [0, 0.1) is 0 Å². The third-order valence-corrected chi connectivity index (χ3v) is 4.61. The van der Waals surface area contributed by atoms with Crippen molar-refractivity contribution < 1.29 is 0 Å². The molecular weight excluding hydrogens is 267 g/mol. The van der Waals surface area contributed by atoms with Crippen LogP contribution < -0.4 is 5.73 Å². The Hall–Kier alpha value is -0.280. The molecule has 0 radical (unpaired) electrons. The smallest absolute Gasteiger partial charge is 0.0595 e. The zero-order chi connectivity index (χ0) is 13.1. The maximum Gasteiger partial charge on any atom is 0.0595 e. The van der Waals surface area contributed by atoms with Gasteiger partial charge in [-0.15, -0.1) is 0 Å². The minimum atomic E-state index is 0.341. The maximum absolute atomic E-state index is 6.09. The van der Waals surface area contributed by atoms with Gasteiger partial charge in [-0.3, -0.25) is 4.90 Å². The van der Waals surface area contributed by atoms with Crippen LogP contribution in [0.5, 0.6) is 0 Å². The molecule has 0 saturated carbocycles. The summed E-state index contributed by atoms with van der Waals surface area (Å²) in [6, 6.07) is 6.73. The number of hydrogen-bond acceptors (Lipinski definition) is 2. The molecule has 4 heteroatoms. The highest BCUT2D eigenvalue weighted by Crippen LogP contribution is 2.31. The number of benzene rings is 1. The van der Waals surface area contributed by atoms with Crippen molar-refractivity contribution in [2.45, 2.75) is 38.3 Å². The van der Waals surface area contributed by atoms with Gasteiger partial charge >= 0.3 is 0 Å². The lowest BCUT2D eigenvalue weighted by Crippen LogP contribution is -2.45. The Labute approximate surface area is 119 Å². The molecule has 0 aliphatic carbocycles. The Bertz CT molecular complexity index is 409. The van der Waals surface area contributed by atoms with E-state index >= 15 is 0 Å². The molecule has 1 aromatic rings. The molecule has 1 aliphatic heterocycles. The molecule has 2 unspecified atom stereocenters. The van der Waals surface area contributed by atoms with Crippen molar-refractivity contribution in [2.75, 3.05) is 13.1 Å². The van der Waals surface area contributed by atoms with Gasteiger partial charge in [-0.2, -0.15) is 0 Å². The van der Waals surface area contributed by atoms with Crippen molar-refractivity contribution in [3.63, 3.8) is 0 Å². The zero-order valence-electron chi connectivity index (χ0n) is 10.7. The summed E-state index contributed by atoms with van der Waals surface area (Å²) in [7, 11) is 0. The lowest BCUT2D eigenvalue weighted by molar-refractivity contribution is 0.108. The number of nitrogens with zero attached hydrogens (tertiary/aromatic N) is 1. The van der Waals surface area contributed by atoms with E-state index in [2.05, 4.69) is 17.9 Å². The molecule has 2 atom stereocenters. The SMILES string of the molecule is CC(c1ccc(Cl)c(Cl)c1)N1CCCCC1CN. The van der Waals surface area contributed by atoms with E-state index in [4.69, 9.17) is 28.9 Å². The Morgan fingerprint density at radius 1 is 1.33 bits per heavy atom. The first-order valence-electron chi connectivity index (χ1n) is 6.54. The van der Waals surface area contributed by atoms with E-state index in [1.165, 1.54) is 24.8 Å². The Balaban J connectivity index is 2.18.